The van der Waals surface area contributed by atoms with Crippen molar-refractivity contribution < 1.29 is 24.1 Å². The van der Waals surface area contributed by atoms with Crippen molar-refractivity contribution in [1.29, 1.82) is 0 Å². The van der Waals surface area contributed by atoms with Crippen molar-refractivity contribution in [3.8, 4) is 0 Å². The van der Waals surface area contributed by atoms with E-state index < -0.39 is 11.6 Å². The number of carboxylic acids is 1. The van der Waals surface area contributed by atoms with Crippen LogP contribution in [0.5, 0.6) is 0 Å². The zero-order chi connectivity index (χ0) is 18.6. The molecule has 1 saturated heterocycles. The number of morpholine rings is 1. The molecule has 1 atom stereocenters. The third kappa shape index (κ3) is 4.27. The van der Waals surface area contributed by atoms with Crippen LogP contribution in [0.4, 0.5) is 4.39 Å². The second-order valence-electron chi connectivity index (χ2n) is 6.67. The van der Waals surface area contributed by atoms with Gasteiger partial charge in [0.25, 0.3) is 0 Å². The molecule has 0 saturated carbocycles. The van der Waals surface area contributed by atoms with Crippen LogP contribution in [0.1, 0.15) is 21.5 Å². The number of benzene rings is 2. The number of rotatable bonds is 6. The van der Waals surface area contributed by atoms with E-state index in [1.807, 2.05) is 0 Å². The topological polar surface area (TPSA) is 70.0 Å². The quantitative estimate of drug-likeness (QED) is 0.828. The van der Waals surface area contributed by atoms with Gasteiger partial charge >= 0.3 is 5.97 Å². The molecule has 0 spiro atoms. The highest BCUT2D eigenvalue weighted by Crippen LogP contribution is 2.25. The standard InChI is InChI=1S/C20H22FNO4/c21-18-4-2-1-3-17(18)11-20(14-23)13-22(9-10-26-20)12-15-5-7-16(8-6-15)19(24)25/h1-8,23H,9-14H2,(H,24,25)/t20-/m1/s1. The summed E-state index contributed by atoms with van der Waals surface area (Å²) in [6.45, 7) is 2.03. The van der Waals surface area contributed by atoms with Gasteiger partial charge in [-0.25, -0.2) is 9.18 Å². The van der Waals surface area contributed by atoms with Crippen LogP contribution in [-0.2, 0) is 17.7 Å². The molecular formula is C20H22FNO4. The highest BCUT2D eigenvalue weighted by Gasteiger charge is 2.37. The predicted octanol–water partition coefficient (Wildman–Crippen LogP) is 2.33. The summed E-state index contributed by atoms with van der Waals surface area (Å²) >= 11 is 0. The van der Waals surface area contributed by atoms with E-state index >= 15 is 0 Å². The minimum Gasteiger partial charge on any atom is -0.478 e. The SMILES string of the molecule is O=C(O)c1ccc(CN2CCO[C@](CO)(Cc3ccccc3F)C2)cc1. The monoisotopic (exact) mass is 359 g/mol. The van der Waals surface area contributed by atoms with Crippen molar-refractivity contribution >= 4 is 5.97 Å². The Labute approximate surface area is 151 Å². The van der Waals surface area contributed by atoms with Crippen molar-refractivity contribution in [2.45, 2.75) is 18.6 Å². The lowest BCUT2D eigenvalue weighted by atomic mass is 9.92. The number of carbonyl (C=O) groups is 1. The van der Waals surface area contributed by atoms with Crippen LogP contribution in [0.15, 0.2) is 48.5 Å². The maximum absolute atomic E-state index is 14.0. The number of hydrogen-bond acceptors (Lipinski definition) is 4. The van der Waals surface area contributed by atoms with Gasteiger partial charge in [0, 0.05) is 26.1 Å². The van der Waals surface area contributed by atoms with E-state index in [0.29, 0.717) is 38.2 Å². The van der Waals surface area contributed by atoms with Crippen molar-refractivity contribution in [3.63, 3.8) is 0 Å². The molecule has 2 aromatic carbocycles. The summed E-state index contributed by atoms with van der Waals surface area (Å²) in [6, 6.07) is 13.3. The zero-order valence-electron chi connectivity index (χ0n) is 14.4. The third-order valence-electron chi connectivity index (χ3n) is 4.69. The van der Waals surface area contributed by atoms with E-state index in [9.17, 15) is 14.3 Å². The Kier molecular flexibility index (Phi) is 5.66. The maximum Gasteiger partial charge on any atom is 0.335 e. The first-order chi connectivity index (χ1) is 12.5. The Balaban J connectivity index is 1.70. The Morgan fingerprint density at radius 2 is 1.92 bits per heavy atom. The summed E-state index contributed by atoms with van der Waals surface area (Å²) in [5.41, 5.74) is 0.908. The van der Waals surface area contributed by atoms with E-state index in [-0.39, 0.29) is 18.0 Å². The molecular weight excluding hydrogens is 337 g/mol. The first-order valence-electron chi connectivity index (χ1n) is 8.54. The van der Waals surface area contributed by atoms with Crippen LogP contribution >= 0.6 is 0 Å². The minimum absolute atomic E-state index is 0.199. The van der Waals surface area contributed by atoms with Gasteiger partial charge < -0.3 is 14.9 Å². The molecule has 1 heterocycles. The summed E-state index contributed by atoms with van der Waals surface area (Å²) < 4.78 is 19.9. The molecule has 1 fully saturated rings. The van der Waals surface area contributed by atoms with Crippen molar-refractivity contribution in [3.05, 3.63) is 71.0 Å². The van der Waals surface area contributed by atoms with Crippen molar-refractivity contribution in [2.75, 3.05) is 26.3 Å². The highest BCUT2D eigenvalue weighted by atomic mass is 19.1. The molecule has 0 amide bonds. The number of carboxylic acid groups (broad SMARTS) is 1. The Morgan fingerprint density at radius 1 is 1.19 bits per heavy atom. The zero-order valence-corrected chi connectivity index (χ0v) is 14.4. The molecule has 5 nitrogen and oxygen atoms in total. The van der Waals surface area contributed by atoms with Crippen molar-refractivity contribution in [2.24, 2.45) is 0 Å². The Morgan fingerprint density at radius 3 is 2.58 bits per heavy atom. The van der Waals surface area contributed by atoms with Gasteiger partial charge in [0.05, 0.1) is 18.8 Å². The number of nitrogens with zero attached hydrogens (tertiary/aromatic N) is 1. The lowest BCUT2D eigenvalue weighted by Gasteiger charge is -2.42. The van der Waals surface area contributed by atoms with Gasteiger partial charge in [-0.3, -0.25) is 4.90 Å². The molecule has 0 bridgehead atoms. The van der Waals surface area contributed by atoms with Gasteiger partial charge in [-0.15, -0.1) is 0 Å². The number of aliphatic hydroxyl groups is 1. The van der Waals surface area contributed by atoms with Gasteiger partial charge in [0.15, 0.2) is 0 Å². The second-order valence-corrected chi connectivity index (χ2v) is 6.67. The molecule has 1 aliphatic rings. The van der Waals surface area contributed by atoms with Gasteiger partial charge in [0.2, 0.25) is 0 Å². The fourth-order valence-corrected chi connectivity index (χ4v) is 3.32. The van der Waals surface area contributed by atoms with Gasteiger partial charge in [-0.05, 0) is 29.3 Å². The van der Waals surface area contributed by atoms with Crippen LogP contribution in [0, 0.1) is 5.82 Å². The normalized spacial score (nSPS) is 20.8. The second kappa shape index (κ2) is 7.95. The molecule has 0 aromatic heterocycles. The Hall–Kier alpha value is -2.28. The maximum atomic E-state index is 14.0. The molecule has 2 aromatic rings. The number of aliphatic hydroxyl groups excluding tert-OH is 1. The van der Waals surface area contributed by atoms with Crippen LogP contribution < -0.4 is 0 Å². The lowest BCUT2D eigenvalue weighted by molar-refractivity contribution is -0.134. The predicted molar refractivity (Wildman–Crippen MR) is 94.6 cm³/mol. The lowest BCUT2D eigenvalue weighted by Crippen LogP contribution is -2.55. The Bertz CT molecular complexity index is 765. The van der Waals surface area contributed by atoms with Crippen LogP contribution in [-0.4, -0.2) is 53.0 Å². The van der Waals surface area contributed by atoms with Gasteiger partial charge in [-0.1, -0.05) is 30.3 Å². The smallest absolute Gasteiger partial charge is 0.335 e. The van der Waals surface area contributed by atoms with E-state index in [1.165, 1.54) is 6.07 Å². The first kappa shape index (κ1) is 18.5. The molecule has 6 heteroatoms. The van der Waals surface area contributed by atoms with Crippen molar-refractivity contribution in [1.82, 2.24) is 4.90 Å². The van der Waals surface area contributed by atoms with E-state index in [1.54, 1.807) is 42.5 Å². The third-order valence-corrected chi connectivity index (χ3v) is 4.69. The molecule has 0 radical (unpaired) electrons. The average Bonchev–Trinajstić information content (AvgIpc) is 2.64. The number of hydrogen-bond donors (Lipinski definition) is 2. The highest BCUT2D eigenvalue weighted by molar-refractivity contribution is 5.87. The molecule has 0 unspecified atom stereocenters. The first-order valence-corrected chi connectivity index (χ1v) is 8.54. The number of aromatic carboxylic acids is 1. The summed E-state index contributed by atoms with van der Waals surface area (Å²) in [5.74, 6) is -1.25. The number of halogens is 1. The summed E-state index contributed by atoms with van der Waals surface area (Å²) in [5, 5.41) is 18.9. The molecule has 2 N–H and O–H groups in total. The van der Waals surface area contributed by atoms with Gasteiger partial charge in [0.1, 0.15) is 11.4 Å². The molecule has 138 valence electrons. The molecule has 26 heavy (non-hydrogen) atoms. The van der Waals surface area contributed by atoms with E-state index in [0.717, 1.165) is 5.56 Å². The summed E-state index contributed by atoms with van der Waals surface area (Å²) in [4.78, 5) is 13.1. The van der Waals surface area contributed by atoms with Gasteiger partial charge in [-0.2, -0.15) is 0 Å². The molecule has 3 rings (SSSR count). The number of ether oxygens (including phenoxy) is 1. The van der Waals surface area contributed by atoms with Crippen LogP contribution in [0.3, 0.4) is 0 Å². The molecule has 1 aliphatic heterocycles. The average molecular weight is 359 g/mol. The van der Waals surface area contributed by atoms with Crippen LogP contribution in [0.25, 0.3) is 0 Å². The fraction of sp³-hybridized carbons (Fsp3) is 0.350. The largest absolute Gasteiger partial charge is 0.478 e. The summed E-state index contributed by atoms with van der Waals surface area (Å²) in [6.07, 6.45) is 0.296. The van der Waals surface area contributed by atoms with Crippen LogP contribution in [0.2, 0.25) is 0 Å². The fourth-order valence-electron chi connectivity index (χ4n) is 3.32. The van der Waals surface area contributed by atoms with E-state index in [2.05, 4.69) is 4.90 Å². The van der Waals surface area contributed by atoms with E-state index in [4.69, 9.17) is 9.84 Å². The minimum atomic E-state index is -0.952. The molecule has 0 aliphatic carbocycles. The summed E-state index contributed by atoms with van der Waals surface area (Å²) in [7, 11) is 0.